The van der Waals surface area contributed by atoms with Crippen LogP contribution in [0.25, 0.3) is 11.4 Å². The zero-order valence-electron chi connectivity index (χ0n) is 11.0. The fourth-order valence-corrected chi connectivity index (χ4v) is 1.71. The number of methoxy groups -OCH3 is 1. The van der Waals surface area contributed by atoms with E-state index in [1.165, 1.54) is 0 Å². The second kappa shape index (κ2) is 6.14. The smallest absolute Gasteiger partial charge is 0.182 e. The summed E-state index contributed by atoms with van der Waals surface area (Å²) in [4.78, 5) is 0. The van der Waals surface area contributed by atoms with E-state index in [-0.39, 0.29) is 0 Å². The van der Waals surface area contributed by atoms with E-state index in [9.17, 15) is 0 Å². The van der Waals surface area contributed by atoms with Gasteiger partial charge in [0.25, 0.3) is 0 Å². The van der Waals surface area contributed by atoms with Crippen LogP contribution in [0.4, 0.5) is 5.69 Å². The number of nitrogens with two attached hydrogens (primary N) is 1. The minimum Gasteiger partial charge on any atom is -0.495 e. The third-order valence-corrected chi connectivity index (χ3v) is 2.68. The molecule has 0 saturated heterocycles. The van der Waals surface area contributed by atoms with Crippen LogP contribution in [0.15, 0.2) is 18.2 Å². The number of tetrazole rings is 1. The number of rotatable bonds is 6. The lowest BCUT2D eigenvalue weighted by molar-refractivity contribution is 0.136. The van der Waals surface area contributed by atoms with Crippen LogP contribution >= 0.6 is 0 Å². The predicted octanol–water partition coefficient (Wildman–Crippen LogP) is 0.967. The maximum absolute atomic E-state index is 5.79. The molecule has 7 nitrogen and oxygen atoms in total. The molecule has 2 aromatic rings. The predicted molar refractivity (Wildman–Crippen MR) is 70.7 cm³/mol. The van der Waals surface area contributed by atoms with Crippen molar-refractivity contribution in [3.63, 3.8) is 0 Å². The second-order valence-corrected chi connectivity index (χ2v) is 3.88. The highest BCUT2D eigenvalue weighted by molar-refractivity contribution is 5.65. The fraction of sp³-hybridized carbons (Fsp3) is 0.417. The van der Waals surface area contributed by atoms with Crippen molar-refractivity contribution in [1.29, 1.82) is 0 Å². The normalized spacial score (nSPS) is 10.6. The van der Waals surface area contributed by atoms with Crippen molar-refractivity contribution in [2.24, 2.45) is 0 Å². The molecule has 0 fully saturated rings. The first-order chi connectivity index (χ1) is 9.26. The van der Waals surface area contributed by atoms with Gasteiger partial charge in [0, 0.05) is 12.2 Å². The third kappa shape index (κ3) is 3.00. The molecule has 0 spiro atoms. The van der Waals surface area contributed by atoms with Gasteiger partial charge in [0.15, 0.2) is 5.82 Å². The van der Waals surface area contributed by atoms with Crippen LogP contribution in [-0.2, 0) is 11.3 Å². The molecule has 19 heavy (non-hydrogen) atoms. The monoisotopic (exact) mass is 263 g/mol. The molecule has 0 bridgehead atoms. The standard InChI is InChI=1S/C12H17N5O2/c1-3-19-7-6-17-12(14-15-16-17)9-4-5-10(13)11(8-9)18-2/h4-5,8H,3,6-7,13H2,1-2H3. The summed E-state index contributed by atoms with van der Waals surface area (Å²) in [6.07, 6.45) is 0. The number of benzene rings is 1. The third-order valence-electron chi connectivity index (χ3n) is 2.68. The Morgan fingerprint density at radius 3 is 2.95 bits per heavy atom. The van der Waals surface area contributed by atoms with Gasteiger partial charge >= 0.3 is 0 Å². The average Bonchev–Trinajstić information content (AvgIpc) is 2.88. The van der Waals surface area contributed by atoms with E-state index < -0.39 is 0 Å². The number of anilines is 1. The van der Waals surface area contributed by atoms with Gasteiger partial charge in [-0.1, -0.05) is 0 Å². The minimum atomic E-state index is 0.570. The van der Waals surface area contributed by atoms with E-state index in [1.807, 2.05) is 19.1 Å². The van der Waals surface area contributed by atoms with Crippen molar-refractivity contribution in [1.82, 2.24) is 20.2 Å². The van der Waals surface area contributed by atoms with E-state index in [0.29, 0.717) is 37.0 Å². The Morgan fingerprint density at radius 1 is 1.37 bits per heavy atom. The second-order valence-electron chi connectivity index (χ2n) is 3.88. The SMILES string of the molecule is CCOCCn1nnnc1-c1ccc(N)c(OC)c1. The van der Waals surface area contributed by atoms with Gasteiger partial charge in [0.05, 0.1) is 25.9 Å². The molecule has 0 amide bonds. The molecular weight excluding hydrogens is 246 g/mol. The van der Waals surface area contributed by atoms with Crippen LogP contribution < -0.4 is 10.5 Å². The largest absolute Gasteiger partial charge is 0.495 e. The molecular formula is C12H17N5O2. The van der Waals surface area contributed by atoms with Crippen LogP contribution in [0.3, 0.4) is 0 Å². The summed E-state index contributed by atoms with van der Waals surface area (Å²) in [6.45, 7) is 3.79. The van der Waals surface area contributed by atoms with Gasteiger partial charge in [-0.25, -0.2) is 4.68 Å². The van der Waals surface area contributed by atoms with Crippen molar-refractivity contribution < 1.29 is 9.47 Å². The first-order valence-electron chi connectivity index (χ1n) is 6.04. The lowest BCUT2D eigenvalue weighted by Crippen LogP contribution is -2.09. The molecule has 0 aliphatic carbocycles. The molecule has 0 atom stereocenters. The van der Waals surface area contributed by atoms with Crippen LogP contribution in [0, 0.1) is 0 Å². The van der Waals surface area contributed by atoms with Gasteiger partial charge in [-0.3, -0.25) is 0 Å². The maximum Gasteiger partial charge on any atom is 0.182 e. The lowest BCUT2D eigenvalue weighted by atomic mass is 10.2. The molecule has 0 aliphatic heterocycles. The highest BCUT2D eigenvalue weighted by Gasteiger charge is 2.11. The van der Waals surface area contributed by atoms with Gasteiger partial charge < -0.3 is 15.2 Å². The van der Waals surface area contributed by atoms with Gasteiger partial charge in [-0.15, -0.1) is 5.10 Å². The molecule has 102 valence electrons. The van der Waals surface area contributed by atoms with E-state index in [1.54, 1.807) is 17.9 Å². The molecule has 2 N–H and O–H groups in total. The molecule has 7 heteroatoms. The zero-order valence-corrected chi connectivity index (χ0v) is 11.0. The summed E-state index contributed by atoms with van der Waals surface area (Å²) >= 11 is 0. The quantitative estimate of drug-likeness (QED) is 0.617. The van der Waals surface area contributed by atoms with Gasteiger partial charge in [0.2, 0.25) is 0 Å². The molecule has 0 radical (unpaired) electrons. The van der Waals surface area contributed by atoms with Crippen molar-refractivity contribution in [2.45, 2.75) is 13.5 Å². The van der Waals surface area contributed by atoms with E-state index in [4.69, 9.17) is 15.2 Å². The molecule has 0 saturated carbocycles. The van der Waals surface area contributed by atoms with Crippen LogP contribution in [0.1, 0.15) is 6.92 Å². The Kier molecular flexibility index (Phi) is 4.30. The number of nitrogens with zero attached hydrogens (tertiary/aromatic N) is 4. The number of hydrogen-bond acceptors (Lipinski definition) is 6. The fourth-order valence-electron chi connectivity index (χ4n) is 1.71. The van der Waals surface area contributed by atoms with Crippen molar-refractivity contribution >= 4 is 5.69 Å². The Balaban J connectivity index is 2.24. The highest BCUT2D eigenvalue weighted by Crippen LogP contribution is 2.27. The first-order valence-corrected chi connectivity index (χ1v) is 6.04. The summed E-state index contributed by atoms with van der Waals surface area (Å²) in [7, 11) is 1.58. The Labute approximate surface area is 111 Å². The lowest BCUT2D eigenvalue weighted by Gasteiger charge is -2.08. The molecule has 0 unspecified atom stereocenters. The van der Waals surface area contributed by atoms with Crippen LogP contribution in [0.2, 0.25) is 0 Å². The molecule has 0 aliphatic rings. The summed E-state index contributed by atoms with van der Waals surface area (Å²) in [5.74, 6) is 1.27. The van der Waals surface area contributed by atoms with Crippen molar-refractivity contribution in [2.75, 3.05) is 26.1 Å². The Morgan fingerprint density at radius 2 is 2.21 bits per heavy atom. The zero-order chi connectivity index (χ0) is 13.7. The molecule has 1 aromatic heterocycles. The van der Waals surface area contributed by atoms with Gasteiger partial charge in [0.1, 0.15) is 5.75 Å². The van der Waals surface area contributed by atoms with Crippen LogP contribution in [0.5, 0.6) is 5.75 Å². The number of aromatic nitrogens is 4. The van der Waals surface area contributed by atoms with E-state index in [0.717, 1.165) is 5.56 Å². The van der Waals surface area contributed by atoms with E-state index in [2.05, 4.69) is 15.5 Å². The number of ether oxygens (including phenoxy) is 2. The van der Waals surface area contributed by atoms with Crippen LogP contribution in [-0.4, -0.2) is 40.5 Å². The van der Waals surface area contributed by atoms with E-state index >= 15 is 0 Å². The summed E-state index contributed by atoms with van der Waals surface area (Å²) in [6, 6.07) is 5.45. The summed E-state index contributed by atoms with van der Waals surface area (Å²) in [5, 5.41) is 11.7. The summed E-state index contributed by atoms with van der Waals surface area (Å²) < 4.78 is 12.2. The molecule has 2 rings (SSSR count). The maximum atomic E-state index is 5.79. The minimum absolute atomic E-state index is 0.570. The summed E-state index contributed by atoms with van der Waals surface area (Å²) in [5.41, 5.74) is 7.22. The topological polar surface area (TPSA) is 88.1 Å². The number of nitrogen functional groups attached to an aromatic ring is 1. The van der Waals surface area contributed by atoms with Gasteiger partial charge in [-0.05, 0) is 35.5 Å². The number of hydrogen-bond donors (Lipinski definition) is 1. The molecule has 1 heterocycles. The highest BCUT2D eigenvalue weighted by atomic mass is 16.5. The Hall–Kier alpha value is -2.15. The van der Waals surface area contributed by atoms with Crippen molar-refractivity contribution in [3.05, 3.63) is 18.2 Å². The van der Waals surface area contributed by atoms with Gasteiger partial charge in [-0.2, -0.15) is 0 Å². The molecule has 1 aromatic carbocycles. The first kappa shape index (κ1) is 13.3. The average molecular weight is 263 g/mol. The van der Waals surface area contributed by atoms with Crippen molar-refractivity contribution in [3.8, 4) is 17.1 Å². The Bertz CT molecular complexity index is 541.